The quantitative estimate of drug-likeness (QED) is 0.576. The fourth-order valence-electron chi connectivity index (χ4n) is 3.76. The Morgan fingerprint density at radius 2 is 1.88 bits per heavy atom. The lowest BCUT2D eigenvalue weighted by Crippen LogP contribution is -2.36. The monoisotopic (exact) mass is 473 g/mol. The van der Waals surface area contributed by atoms with Gasteiger partial charge in [-0.15, -0.1) is 0 Å². The van der Waals surface area contributed by atoms with Gasteiger partial charge in [-0.3, -0.25) is 9.59 Å². The van der Waals surface area contributed by atoms with E-state index in [1.54, 1.807) is 0 Å². The van der Waals surface area contributed by atoms with Crippen molar-refractivity contribution in [2.75, 3.05) is 19.6 Å². The first-order valence-corrected chi connectivity index (χ1v) is 12.3. The average molecular weight is 474 g/mol. The normalized spacial score (nSPS) is 17.1. The first kappa shape index (κ1) is 24.6. The molecule has 176 valence electrons. The van der Waals surface area contributed by atoms with E-state index < -0.39 is 21.7 Å². The molecule has 1 aliphatic heterocycles. The first-order valence-electron chi connectivity index (χ1n) is 10.9. The minimum absolute atomic E-state index is 0.144. The summed E-state index contributed by atoms with van der Waals surface area (Å²) in [6.45, 7) is 4.22. The van der Waals surface area contributed by atoms with Crippen molar-refractivity contribution < 1.29 is 22.4 Å². The fourth-order valence-corrected chi connectivity index (χ4v) is 5.27. The molecule has 0 spiro atoms. The van der Waals surface area contributed by atoms with Gasteiger partial charge in [0.1, 0.15) is 5.82 Å². The third-order valence-corrected chi connectivity index (χ3v) is 7.48. The van der Waals surface area contributed by atoms with E-state index in [0.717, 1.165) is 11.6 Å². The van der Waals surface area contributed by atoms with Crippen molar-refractivity contribution in [3.05, 3.63) is 78.1 Å². The zero-order chi connectivity index (χ0) is 23.8. The number of hydrogen-bond acceptors (Lipinski definition) is 4. The number of sulfonamides is 1. The van der Waals surface area contributed by atoms with Crippen LogP contribution in [-0.2, 0) is 21.2 Å². The van der Waals surface area contributed by atoms with Crippen LogP contribution < -0.4 is 10.6 Å². The van der Waals surface area contributed by atoms with Crippen LogP contribution in [0.5, 0.6) is 0 Å². The lowest BCUT2D eigenvalue weighted by molar-refractivity contribution is -0.117. The molecule has 1 saturated heterocycles. The highest BCUT2D eigenvalue weighted by molar-refractivity contribution is 7.89. The lowest BCUT2D eigenvalue weighted by atomic mass is 10.1. The number of nitrogens with one attached hydrogen (secondary N) is 2. The van der Waals surface area contributed by atoms with Gasteiger partial charge in [0, 0.05) is 25.7 Å². The maximum absolute atomic E-state index is 14.7. The number of rotatable bonds is 8. The van der Waals surface area contributed by atoms with Gasteiger partial charge < -0.3 is 10.6 Å². The van der Waals surface area contributed by atoms with Crippen molar-refractivity contribution >= 4 is 21.8 Å². The van der Waals surface area contributed by atoms with Gasteiger partial charge in [0.25, 0.3) is 5.91 Å². The maximum Gasteiger partial charge on any atom is 0.254 e. The summed E-state index contributed by atoms with van der Waals surface area (Å²) in [5, 5.41) is 5.46. The highest BCUT2D eigenvalue weighted by Crippen LogP contribution is 2.22. The standard InChI is InChI=1S/C24H28FN3O4S/c1-2-23(29)27-19-9-6-15-28(16-13-19)33(31,32)20-10-11-21(22(25)17-20)24(30)26-14-12-18-7-4-3-5-8-18/h2-5,7-8,10-11,17,19H,1,6,9,12-16H2,(H,26,30)(H,27,29). The zero-order valence-electron chi connectivity index (χ0n) is 18.3. The maximum atomic E-state index is 14.7. The fraction of sp³-hybridized carbons (Fsp3) is 0.333. The van der Waals surface area contributed by atoms with Crippen molar-refractivity contribution in [3.63, 3.8) is 0 Å². The van der Waals surface area contributed by atoms with Gasteiger partial charge in [-0.1, -0.05) is 36.9 Å². The Kier molecular flexibility index (Phi) is 8.35. The van der Waals surface area contributed by atoms with Gasteiger partial charge in [0.15, 0.2) is 0 Å². The highest BCUT2D eigenvalue weighted by Gasteiger charge is 2.29. The summed E-state index contributed by atoms with van der Waals surface area (Å²) in [7, 11) is -3.93. The molecule has 1 atom stereocenters. The van der Waals surface area contributed by atoms with E-state index in [4.69, 9.17) is 0 Å². The van der Waals surface area contributed by atoms with Gasteiger partial charge in [0.2, 0.25) is 15.9 Å². The van der Waals surface area contributed by atoms with Gasteiger partial charge in [-0.05, 0) is 55.5 Å². The van der Waals surface area contributed by atoms with Gasteiger partial charge in [-0.2, -0.15) is 4.31 Å². The van der Waals surface area contributed by atoms with E-state index in [0.29, 0.717) is 32.2 Å². The molecule has 0 aliphatic carbocycles. The molecule has 2 N–H and O–H groups in total. The second-order valence-electron chi connectivity index (χ2n) is 7.88. The van der Waals surface area contributed by atoms with Crippen molar-refractivity contribution in [3.8, 4) is 0 Å². The van der Waals surface area contributed by atoms with Crippen LogP contribution in [0.2, 0.25) is 0 Å². The number of carbonyl (C=O) groups is 2. The Morgan fingerprint density at radius 1 is 1.12 bits per heavy atom. The molecular formula is C24H28FN3O4S. The molecule has 3 rings (SSSR count). The predicted molar refractivity (Wildman–Crippen MR) is 124 cm³/mol. The summed E-state index contributed by atoms with van der Waals surface area (Å²) in [6, 6.07) is 12.8. The number of benzene rings is 2. The van der Waals surface area contributed by atoms with Gasteiger partial charge >= 0.3 is 0 Å². The molecule has 7 nitrogen and oxygen atoms in total. The number of amides is 2. The van der Waals surface area contributed by atoms with Crippen molar-refractivity contribution in [1.29, 1.82) is 0 Å². The molecule has 2 amide bonds. The Balaban J connectivity index is 1.63. The van der Waals surface area contributed by atoms with E-state index in [2.05, 4.69) is 17.2 Å². The second-order valence-corrected chi connectivity index (χ2v) is 9.82. The molecule has 1 heterocycles. The molecule has 9 heteroatoms. The molecule has 1 unspecified atom stereocenters. The molecule has 2 aromatic rings. The minimum atomic E-state index is -3.93. The number of carbonyl (C=O) groups excluding carboxylic acids is 2. The Hall–Kier alpha value is -3.04. The summed E-state index contributed by atoms with van der Waals surface area (Å²) in [5.41, 5.74) is 0.841. The third-order valence-electron chi connectivity index (χ3n) is 5.58. The van der Waals surface area contributed by atoms with Crippen molar-refractivity contribution in [2.24, 2.45) is 0 Å². The van der Waals surface area contributed by atoms with Crippen LogP contribution in [0.3, 0.4) is 0 Å². The summed E-state index contributed by atoms with van der Waals surface area (Å²) in [4.78, 5) is 23.7. The van der Waals surface area contributed by atoms with Gasteiger partial charge in [-0.25, -0.2) is 12.8 Å². The van der Waals surface area contributed by atoms with E-state index in [1.807, 2.05) is 30.3 Å². The third kappa shape index (κ3) is 6.49. The summed E-state index contributed by atoms with van der Waals surface area (Å²) >= 11 is 0. The van der Waals surface area contributed by atoms with Crippen LogP contribution in [0.15, 0.2) is 66.1 Å². The molecular weight excluding hydrogens is 445 g/mol. The molecule has 1 aliphatic rings. The SMILES string of the molecule is C=CC(=O)NC1CCCN(S(=O)(=O)c2ccc(C(=O)NCCc3ccccc3)c(F)c2)CC1. The van der Waals surface area contributed by atoms with E-state index >= 15 is 0 Å². The van der Waals surface area contributed by atoms with Crippen LogP contribution >= 0.6 is 0 Å². The predicted octanol–water partition coefficient (Wildman–Crippen LogP) is 2.64. The topological polar surface area (TPSA) is 95.6 Å². The number of nitrogens with zero attached hydrogens (tertiary/aromatic N) is 1. The molecule has 0 saturated carbocycles. The molecule has 2 aromatic carbocycles. The zero-order valence-corrected chi connectivity index (χ0v) is 19.1. The lowest BCUT2D eigenvalue weighted by Gasteiger charge is -2.20. The summed E-state index contributed by atoms with van der Waals surface area (Å²) < 4.78 is 42.1. The summed E-state index contributed by atoms with van der Waals surface area (Å²) in [6.07, 6.45) is 3.43. The van der Waals surface area contributed by atoms with Crippen LogP contribution in [-0.4, -0.2) is 50.2 Å². The van der Waals surface area contributed by atoms with Crippen LogP contribution in [0.1, 0.15) is 35.2 Å². The highest BCUT2D eigenvalue weighted by atomic mass is 32.2. The second kappa shape index (κ2) is 11.2. The Labute approximate surface area is 193 Å². The van der Waals surface area contributed by atoms with E-state index in [9.17, 15) is 22.4 Å². The summed E-state index contributed by atoms with van der Waals surface area (Å²) in [5.74, 6) is -1.78. The Morgan fingerprint density at radius 3 is 2.58 bits per heavy atom. The largest absolute Gasteiger partial charge is 0.352 e. The van der Waals surface area contributed by atoms with E-state index in [1.165, 1.54) is 22.5 Å². The number of hydrogen-bond donors (Lipinski definition) is 2. The van der Waals surface area contributed by atoms with Crippen molar-refractivity contribution in [1.82, 2.24) is 14.9 Å². The smallest absolute Gasteiger partial charge is 0.254 e. The van der Waals surface area contributed by atoms with Gasteiger partial charge in [0.05, 0.1) is 10.5 Å². The van der Waals surface area contributed by atoms with Crippen LogP contribution in [0, 0.1) is 5.82 Å². The molecule has 33 heavy (non-hydrogen) atoms. The van der Waals surface area contributed by atoms with Crippen LogP contribution in [0.4, 0.5) is 4.39 Å². The Bertz CT molecular complexity index is 1110. The molecule has 0 radical (unpaired) electrons. The number of halogens is 1. The van der Waals surface area contributed by atoms with Crippen molar-refractivity contribution in [2.45, 2.75) is 36.6 Å². The average Bonchev–Trinajstić information content (AvgIpc) is 3.05. The minimum Gasteiger partial charge on any atom is -0.352 e. The molecule has 0 bridgehead atoms. The van der Waals surface area contributed by atoms with E-state index in [-0.39, 0.29) is 35.5 Å². The first-order chi connectivity index (χ1) is 15.8. The molecule has 0 aromatic heterocycles. The van der Waals surface area contributed by atoms with Crippen LogP contribution in [0.25, 0.3) is 0 Å². The molecule has 1 fully saturated rings.